The zero-order chi connectivity index (χ0) is 20.4. The Balaban J connectivity index is 0.00000420. The average molecular weight is 527 g/mol. The van der Waals surface area contributed by atoms with Crippen LogP contribution in [0, 0.1) is 0 Å². The Morgan fingerprint density at radius 1 is 1.00 bits per heavy atom. The fourth-order valence-electron chi connectivity index (χ4n) is 3.21. The Morgan fingerprint density at radius 3 is 2.17 bits per heavy atom. The number of benzene rings is 1. The van der Waals surface area contributed by atoms with Crippen molar-refractivity contribution in [2.24, 2.45) is 4.99 Å². The zero-order valence-corrected chi connectivity index (χ0v) is 19.6. The van der Waals surface area contributed by atoms with Gasteiger partial charge in [-0.3, -0.25) is 4.99 Å². The quantitative estimate of drug-likeness (QED) is 0.236. The molecule has 0 aromatic heterocycles. The third kappa shape index (κ3) is 9.52. The molecule has 1 fully saturated rings. The summed E-state index contributed by atoms with van der Waals surface area (Å²) < 4.78 is 37.8. The number of rotatable bonds is 8. The van der Waals surface area contributed by atoms with Crippen LogP contribution >= 0.6 is 24.0 Å². The van der Waals surface area contributed by atoms with Crippen LogP contribution in [0.5, 0.6) is 0 Å². The molecular formula is C20H33F3IN5. The summed E-state index contributed by atoms with van der Waals surface area (Å²) in [6.07, 6.45) is -2.11. The van der Waals surface area contributed by atoms with Gasteiger partial charge in [0, 0.05) is 46.3 Å². The fraction of sp³-hybridized carbons (Fsp3) is 0.650. The maximum absolute atomic E-state index is 12.6. The van der Waals surface area contributed by atoms with Crippen molar-refractivity contribution in [3.05, 3.63) is 35.4 Å². The first kappa shape index (κ1) is 26.0. The zero-order valence-electron chi connectivity index (χ0n) is 17.3. The van der Waals surface area contributed by atoms with E-state index in [2.05, 4.69) is 32.3 Å². The van der Waals surface area contributed by atoms with E-state index in [1.54, 1.807) is 7.05 Å². The number of aliphatic imine (C=N–C) groups is 1. The summed E-state index contributed by atoms with van der Waals surface area (Å²) in [5, 5.41) is 6.40. The highest BCUT2D eigenvalue weighted by Gasteiger charge is 2.29. The number of nitrogens with zero attached hydrogens (tertiary/aromatic N) is 3. The number of halogens is 4. The molecule has 0 bridgehead atoms. The molecular weight excluding hydrogens is 494 g/mol. The second-order valence-corrected chi connectivity index (χ2v) is 7.03. The number of piperazine rings is 1. The molecule has 0 atom stereocenters. The Morgan fingerprint density at radius 2 is 1.62 bits per heavy atom. The van der Waals surface area contributed by atoms with Crippen LogP contribution in [0.25, 0.3) is 0 Å². The lowest BCUT2D eigenvalue weighted by Crippen LogP contribution is -2.46. The normalized spacial score (nSPS) is 16.4. The van der Waals surface area contributed by atoms with Gasteiger partial charge in [-0.2, -0.15) is 13.2 Å². The van der Waals surface area contributed by atoms with Gasteiger partial charge in [-0.05, 0) is 43.6 Å². The van der Waals surface area contributed by atoms with E-state index in [4.69, 9.17) is 0 Å². The van der Waals surface area contributed by atoms with Crippen LogP contribution in [0.2, 0.25) is 0 Å². The van der Waals surface area contributed by atoms with E-state index in [-0.39, 0.29) is 24.0 Å². The number of hydrogen-bond donors (Lipinski definition) is 2. The van der Waals surface area contributed by atoms with Crippen LogP contribution in [0.3, 0.4) is 0 Å². The lowest BCUT2D eigenvalue weighted by Gasteiger charge is -2.34. The highest BCUT2D eigenvalue weighted by molar-refractivity contribution is 14.0. The molecule has 0 saturated carbocycles. The third-order valence-corrected chi connectivity index (χ3v) is 5.07. The highest BCUT2D eigenvalue weighted by atomic mass is 127. The van der Waals surface area contributed by atoms with Crippen LogP contribution in [0.15, 0.2) is 29.3 Å². The van der Waals surface area contributed by atoms with Gasteiger partial charge >= 0.3 is 6.18 Å². The molecule has 0 amide bonds. The van der Waals surface area contributed by atoms with E-state index < -0.39 is 11.7 Å². The van der Waals surface area contributed by atoms with Crippen LogP contribution in [0.4, 0.5) is 13.2 Å². The van der Waals surface area contributed by atoms with Gasteiger partial charge in [0.1, 0.15) is 0 Å². The first-order chi connectivity index (χ1) is 13.4. The number of guanidine groups is 1. The van der Waals surface area contributed by atoms with Crippen LogP contribution in [-0.2, 0) is 12.7 Å². The largest absolute Gasteiger partial charge is 0.416 e. The molecule has 0 radical (unpaired) electrons. The predicted octanol–water partition coefficient (Wildman–Crippen LogP) is 3.41. The van der Waals surface area contributed by atoms with Crippen LogP contribution in [0.1, 0.15) is 30.9 Å². The summed E-state index contributed by atoms with van der Waals surface area (Å²) in [5.41, 5.74) is 0.150. The lowest BCUT2D eigenvalue weighted by molar-refractivity contribution is -0.137. The van der Waals surface area contributed by atoms with Crippen molar-refractivity contribution in [2.45, 2.75) is 32.5 Å². The van der Waals surface area contributed by atoms with E-state index >= 15 is 0 Å². The summed E-state index contributed by atoms with van der Waals surface area (Å²) in [6, 6.07) is 5.18. The minimum absolute atomic E-state index is 0. The SMILES string of the molecule is CCN1CCN(CCCCNC(=NC)NCc2ccc(C(F)(F)F)cc2)CC1.I. The summed E-state index contributed by atoms with van der Waals surface area (Å²) in [4.78, 5) is 9.16. The number of nitrogens with one attached hydrogen (secondary N) is 2. The lowest BCUT2D eigenvalue weighted by atomic mass is 10.1. The van der Waals surface area contributed by atoms with Gasteiger partial charge in [-0.25, -0.2) is 0 Å². The van der Waals surface area contributed by atoms with E-state index in [0.29, 0.717) is 12.5 Å². The number of hydrogen-bond acceptors (Lipinski definition) is 3. The minimum Gasteiger partial charge on any atom is -0.356 e. The standard InChI is InChI=1S/C20H32F3N5.HI/c1-3-27-12-14-28(15-13-27)11-5-4-10-25-19(24-2)26-16-17-6-8-18(9-7-17)20(21,22)23;/h6-9H,3-5,10-16H2,1-2H3,(H2,24,25,26);1H. The first-order valence-electron chi connectivity index (χ1n) is 9.97. The molecule has 0 spiro atoms. The maximum Gasteiger partial charge on any atom is 0.416 e. The molecule has 1 saturated heterocycles. The second kappa shape index (κ2) is 13.3. The molecule has 166 valence electrons. The second-order valence-electron chi connectivity index (χ2n) is 7.03. The molecule has 2 rings (SSSR count). The Bertz CT molecular complexity index is 599. The Labute approximate surface area is 189 Å². The molecule has 1 aliphatic heterocycles. The molecule has 0 unspecified atom stereocenters. The smallest absolute Gasteiger partial charge is 0.356 e. The predicted molar refractivity (Wildman–Crippen MR) is 123 cm³/mol. The van der Waals surface area contributed by atoms with Gasteiger partial charge in [0.05, 0.1) is 5.56 Å². The van der Waals surface area contributed by atoms with Gasteiger partial charge < -0.3 is 20.4 Å². The van der Waals surface area contributed by atoms with E-state index in [1.807, 2.05) is 0 Å². The Hall–Kier alpha value is -1.07. The first-order valence-corrected chi connectivity index (χ1v) is 9.97. The fourth-order valence-corrected chi connectivity index (χ4v) is 3.21. The topological polar surface area (TPSA) is 42.9 Å². The van der Waals surface area contributed by atoms with Crippen molar-refractivity contribution >= 4 is 29.9 Å². The van der Waals surface area contributed by atoms with Crippen molar-refractivity contribution in [2.75, 3.05) is 52.9 Å². The molecule has 1 aromatic rings. The summed E-state index contributed by atoms with van der Waals surface area (Å²) in [6.45, 7) is 10.3. The molecule has 9 heteroatoms. The molecule has 1 aliphatic rings. The number of alkyl halides is 3. The van der Waals surface area contributed by atoms with Crippen molar-refractivity contribution in [3.8, 4) is 0 Å². The van der Waals surface area contributed by atoms with Crippen molar-refractivity contribution in [3.63, 3.8) is 0 Å². The van der Waals surface area contributed by atoms with Crippen molar-refractivity contribution < 1.29 is 13.2 Å². The molecule has 5 nitrogen and oxygen atoms in total. The Kier molecular flexibility index (Phi) is 11.9. The van der Waals surface area contributed by atoms with Gasteiger partial charge in [0.15, 0.2) is 5.96 Å². The van der Waals surface area contributed by atoms with Gasteiger partial charge in [-0.15, -0.1) is 24.0 Å². The summed E-state index contributed by atoms with van der Waals surface area (Å²) in [5.74, 6) is 0.663. The average Bonchev–Trinajstić information content (AvgIpc) is 2.70. The van der Waals surface area contributed by atoms with Gasteiger partial charge in [-0.1, -0.05) is 19.1 Å². The maximum atomic E-state index is 12.6. The molecule has 1 aromatic carbocycles. The third-order valence-electron chi connectivity index (χ3n) is 5.07. The van der Waals surface area contributed by atoms with E-state index in [9.17, 15) is 13.2 Å². The summed E-state index contributed by atoms with van der Waals surface area (Å²) >= 11 is 0. The van der Waals surface area contributed by atoms with Gasteiger partial charge in [0.2, 0.25) is 0 Å². The summed E-state index contributed by atoms with van der Waals surface area (Å²) in [7, 11) is 1.69. The molecule has 29 heavy (non-hydrogen) atoms. The van der Waals surface area contributed by atoms with Crippen molar-refractivity contribution in [1.29, 1.82) is 0 Å². The van der Waals surface area contributed by atoms with E-state index in [1.165, 1.54) is 12.1 Å². The monoisotopic (exact) mass is 527 g/mol. The minimum atomic E-state index is -4.30. The van der Waals surface area contributed by atoms with Gasteiger partial charge in [0.25, 0.3) is 0 Å². The van der Waals surface area contributed by atoms with Crippen LogP contribution in [-0.4, -0.2) is 68.6 Å². The number of likely N-dealkylation sites (N-methyl/N-ethyl adjacent to an activating group) is 1. The molecule has 0 aliphatic carbocycles. The van der Waals surface area contributed by atoms with E-state index in [0.717, 1.165) is 76.4 Å². The highest BCUT2D eigenvalue weighted by Crippen LogP contribution is 2.29. The van der Waals surface area contributed by atoms with Crippen molar-refractivity contribution in [1.82, 2.24) is 20.4 Å². The number of unbranched alkanes of at least 4 members (excludes halogenated alkanes) is 1. The molecule has 1 heterocycles. The van der Waals surface area contributed by atoms with Crippen LogP contribution < -0.4 is 10.6 Å². The molecule has 2 N–H and O–H groups in total.